The summed E-state index contributed by atoms with van der Waals surface area (Å²) < 4.78 is 43.8. The van der Waals surface area contributed by atoms with Gasteiger partial charge in [-0.1, -0.05) is 0 Å². The van der Waals surface area contributed by atoms with Gasteiger partial charge in [-0.25, -0.2) is 0 Å². The third kappa shape index (κ3) is 4.66. The van der Waals surface area contributed by atoms with Gasteiger partial charge in [0.25, 0.3) is 0 Å². The van der Waals surface area contributed by atoms with Crippen LogP contribution < -0.4 is 16.8 Å². The molecule has 1 heterocycles. The van der Waals surface area contributed by atoms with Crippen LogP contribution in [0.25, 0.3) is 0 Å². The molecule has 0 aliphatic carbocycles. The molecule has 8 heteroatoms. The fraction of sp³-hybridized carbons (Fsp3) is 0.533. The van der Waals surface area contributed by atoms with Gasteiger partial charge in [-0.15, -0.1) is 0 Å². The summed E-state index contributed by atoms with van der Waals surface area (Å²) in [6.45, 7) is 1.01. The van der Waals surface area contributed by atoms with Gasteiger partial charge in [0, 0.05) is 25.4 Å². The van der Waals surface area contributed by atoms with Gasteiger partial charge in [-0.2, -0.15) is 13.2 Å². The van der Waals surface area contributed by atoms with E-state index in [-0.39, 0.29) is 23.7 Å². The normalized spacial score (nSPS) is 17.8. The van der Waals surface area contributed by atoms with Crippen LogP contribution in [0, 0.1) is 5.92 Å². The third-order valence-electron chi connectivity index (χ3n) is 3.90. The van der Waals surface area contributed by atoms with Gasteiger partial charge in [-0.05, 0) is 42.5 Å². The van der Waals surface area contributed by atoms with E-state index >= 15 is 0 Å². The summed E-state index contributed by atoms with van der Waals surface area (Å²) in [7, 11) is 0. The number of nitrogens with one attached hydrogen (secondary N) is 1. The fourth-order valence-corrected chi connectivity index (χ4v) is 2.56. The quantitative estimate of drug-likeness (QED) is 0.785. The standard InChI is InChI=1S/C15H20F3N3O2/c16-15(17,18)11-5-9(8-19)6-12(7-11)21-14(22)13(20)10-1-3-23-4-2-10/h5-7,10,13H,1-4,8,19-20H2,(H,21,22). The highest BCUT2D eigenvalue weighted by atomic mass is 19.4. The number of alkyl halides is 3. The molecule has 5 nitrogen and oxygen atoms in total. The average Bonchev–Trinajstić information content (AvgIpc) is 2.53. The van der Waals surface area contributed by atoms with E-state index in [9.17, 15) is 18.0 Å². The van der Waals surface area contributed by atoms with Crippen LogP contribution in [0.2, 0.25) is 0 Å². The zero-order valence-electron chi connectivity index (χ0n) is 12.5. The maximum Gasteiger partial charge on any atom is 0.416 e. The number of benzene rings is 1. The second-order valence-corrected chi connectivity index (χ2v) is 5.59. The van der Waals surface area contributed by atoms with Gasteiger partial charge in [0.15, 0.2) is 0 Å². The number of hydrogen-bond acceptors (Lipinski definition) is 4. The van der Waals surface area contributed by atoms with E-state index in [4.69, 9.17) is 16.2 Å². The van der Waals surface area contributed by atoms with Crippen LogP contribution in [0.4, 0.5) is 18.9 Å². The first kappa shape index (κ1) is 17.7. The molecule has 0 aromatic heterocycles. The van der Waals surface area contributed by atoms with Gasteiger partial charge in [0.2, 0.25) is 5.91 Å². The third-order valence-corrected chi connectivity index (χ3v) is 3.90. The van der Waals surface area contributed by atoms with E-state index in [2.05, 4.69) is 5.32 Å². The molecule has 23 heavy (non-hydrogen) atoms. The predicted molar refractivity (Wildman–Crippen MR) is 79.5 cm³/mol. The van der Waals surface area contributed by atoms with Crippen LogP contribution in [0.5, 0.6) is 0 Å². The first-order chi connectivity index (χ1) is 10.8. The molecule has 128 valence electrons. The Morgan fingerprint density at radius 1 is 1.30 bits per heavy atom. The number of amides is 1. The Morgan fingerprint density at radius 2 is 1.96 bits per heavy atom. The highest BCUT2D eigenvalue weighted by Gasteiger charge is 2.32. The van der Waals surface area contributed by atoms with Crippen molar-refractivity contribution in [3.05, 3.63) is 29.3 Å². The highest BCUT2D eigenvalue weighted by Crippen LogP contribution is 2.32. The molecule has 0 bridgehead atoms. The molecule has 1 aliphatic heterocycles. The minimum Gasteiger partial charge on any atom is -0.381 e. The van der Waals surface area contributed by atoms with Crippen LogP contribution in [0.3, 0.4) is 0 Å². The summed E-state index contributed by atoms with van der Waals surface area (Å²) in [6.07, 6.45) is -3.19. The van der Waals surface area contributed by atoms with Crippen molar-refractivity contribution in [3.8, 4) is 0 Å². The summed E-state index contributed by atoms with van der Waals surface area (Å²) in [5, 5.41) is 2.47. The Balaban J connectivity index is 2.13. The molecule has 1 amide bonds. The van der Waals surface area contributed by atoms with Crippen LogP contribution in [-0.2, 0) is 22.3 Å². The van der Waals surface area contributed by atoms with Crippen molar-refractivity contribution in [3.63, 3.8) is 0 Å². The minimum absolute atomic E-state index is 0.0384. The Kier molecular flexibility index (Phi) is 5.61. The lowest BCUT2D eigenvalue weighted by atomic mass is 9.92. The molecule has 1 atom stereocenters. The Hall–Kier alpha value is -1.64. The fourth-order valence-electron chi connectivity index (χ4n) is 2.56. The molecule has 1 unspecified atom stereocenters. The summed E-state index contributed by atoms with van der Waals surface area (Å²) in [6, 6.07) is 2.49. The van der Waals surface area contributed by atoms with E-state index in [1.54, 1.807) is 0 Å². The largest absolute Gasteiger partial charge is 0.416 e. The van der Waals surface area contributed by atoms with E-state index < -0.39 is 23.7 Å². The van der Waals surface area contributed by atoms with Crippen molar-refractivity contribution >= 4 is 11.6 Å². The predicted octanol–water partition coefficient (Wildman–Crippen LogP) is 1.86. The van der Waals surface area contributed by atoms with Crippen molar-refractivity contribution in [1.29, 1.82) is 0 Å². The molecular formula is C15H20F3N3O2. The van der Waals surface area contributed by atoms with Crippen LogP contribution in [0.15, 0.2) is 18.2 Å². The SMILES string of the molecule is NCc1cc(NC(=O)C(N)C2CCOCC2)cc(C(F)(F)F)c1. The first-order valence-electron chi connectivity index (χ1n) is 7.36. The molecule has 1 aromatic carbocycles. The number of carbonyl (C=O) groups excluding carboxylic acids is 1. The van der Waals surface area contributed by atoms with Gasteiger partial charge < -0.3 is 21.5 Å². The van der Waals surface area contributed by atoms with Crippen molar-refractivity contribution in [2.24, 2.45) is 17.4 Å². The molecular weight excluding hydrogens is 311 g/mol. The number of carbonyl (C=O) groups is 1. The molecule has 1 aromatic rings. The number of nitrogens with two attached hydrogens (primary N) is 2. The molecule has 1 saturated heterocycles. The lowest BCUT2D eigenvalue weighted by molar-refractivity contribution is -0.137. The van der Waals surface area contributed by atoms with Gasteiger partial charge in [-0.3, -0.25) is 4.79 Å². The summed E-state index contributed by atoms with van der Waals surface area (Å²) in [4.78, 5) is 12.2. The number of rotatable bonds is 4. The van der Waals surface area contributed by atoms with Gasteiger partial charge in [0.05, 0.1) is 11.6 Å². The molecule has 0 spiro atoms. The van der Waals surface area contributed by atoms with Crippen molar-refractivity contribution < 1.29 is 22.7 Å². The second kappa shape index (κ2) is 7.29. The molecule has 0 saturated carbocycles. The Morgan fingerprint density at radius 3 is 2.52 bits per heavy atom. The summed E-state index contributed by atoms with van der Waals surface area (Å²) >= 11 is 0. The monoisotopic (exact) mass is 331 g/mol. The first-order valence-corrected chi connectivity index (χ1v) is 7.36. The maximum absolute atomic E-state index is 12.9. The number of hydrogen-bond donors (Lipinski definition) is 3. The topological polar surface area (TPSA) is 90.4 Å². The van der Waals surface area contributed by atoms with Gasteiger partial charge in [0.1, 0.15) is 0 Å². The average molecular weight is 331 g/mol. The zero-order valence-corrected chi connectivity index (χ0v) is 12.5. The number of halogens is 3. The summed E-state index contributed by atoms with van der Waals surface area (Å²) in [5.74, 6) is -0.539. The Labute approximate surface area is 132 Å². The molecule has 0 radical (unpaired) electrons. The number of ether oxygens (including phenoxy) is 1. The lowest BCUT2D eigenvalue weighted by Crippen LogP contribution is -2.44. The van der Waals surface area contributed by atoms with Crippen molar-refractivity contribution in [2.75, 3.05) is 18.5 Å². The van der Waals surface area contributed by atoms with Crippen molar-refractivity contribution in [1.82, 2.24) is 0 Å². The highest BCUT2D eigenvalue weighted by molar-refractivity contribution is 5.95. The molecule has 2 rings (SSSR count). The van der Waals surface area contributed by atoms with E-state index in [0.29, 0.717) is 26.1 Å². The van der Waals surface area contributed by atoms with E-state index in [0.717, 1.165) is 12.1 Å². The van der Waals surface area contributed by atoms with Crippen molar-refractivity contribution in [2.45, 2.75) is 31.6 Å². The van der Waals surface area contributed by atoms with E-state index in [1.807, 2.05) is 0 Å². The smallest absolute Gasteiger partial charge is 0.381 e. The lowest BCUT2D eigenvalue weighted by Gasteiger charge is -2.26. The van der Waals surface area contributed by atoms with Gasteiger partial charge >= 0.3 is 6.18 Å². The minimum atomic E-state index is -4.51. The molecule has 1 aliphatic rings. The number of anilines is 1. The van der Waals surface area contributed by atoms with E-state index in [1.165, 1.54) is 6.07 Å². The van der Waals surface area contributed by atoms with Crippen LogP contribution >= 0.6 is 0 Å². The second-order valence-electron chi connectivity index (χ2n) is 5.59. The zero-order chi connectivity index (χ0) is 17.0. The molecule has 5 N–H and O–H groups in total. The van der Waals surface area contributed by atoms with Crippen LogP contribution in [-0.4, -0.2) is 25.2 Å². The Bertz CT molecular complexity index is 557. The maximum atomic E-state index is 12.9. The molecule has 1 fully saturated rings. The van der Waals surface area contributed by atoms with Crippen LogP contribution in [0.1, 0.15) is 24.0 Å². The summed E-state index contributed by atoms with van der Waals surface area (Å²) in [5.41, 5.74) is 10.8.